The Balaban J connectivity index is 2.08. The summed E-state index contributed by atoms with van der Waals surface area (Å²) in [6, 6.07) is 4.23. The summed E-state index contributed by atoms with van der Waals surface area (Å²) >= 11 is 3.22. The highest BCUT2D eigenvalue weighted by Gasteiger charge is 2.42. The van der Waals surface area contributed by atoms with Gasteiger partial charge in [-0.25, -0.2) is 8.42 Å². The van der Waals surface area contributed by atoms with Crippen LogP contribution in [0.5, 0.6) is 0 Å². The van der Waals surface area contributed by atoms with Gasteiger partial charge in [0.2, 0.25) is 15.9 Å². The molecule has 5 nitrogen and oxygen atoms in total. The number of hydrogen-bond donors (Lipinski definition) is 2. The zero-order valence-electron chi connectivity index (χ0n) is 15.6. The number of carbonyl (C=O) groups excluding carboxylic acids is 1. The zero-order valence-corrected chi connectivity index (χ0v) is 18.0. The second kappa shape index (κ2) is 9.13. The summed E-state index contributed by atoms with van der Waals surface area (Å²) in [4.78, 5) is 12.6. The molecule has 1 saturated carbocycles. The summed E-state index contributed by atoms with van der Waals surface area (Å²) in [5.74, 6) is -2.43. The molecule has 2 rings (SSSR count). The summed E-state index contributed by atoms with van der Waals surface area (Å²) in [5, 5.41) is 2.61. The Kier molecular flexibility index (Phi) is 7.55. The molecule has 0 bridgehead atoms. The highest BCUT2D eigenvalue weighted by atomic mass is 79.9. The lowest BCUT2D eigenvalue weighted by Gasteiger charge is -2.32. The third-order valence-corrected chi connectivity index (χ3v) is 6.82. The van der Waals surface area contributed by atoms with Crippen molar-refractivity contribution in [3.63, 3.8) is 0 Å². The second-order valence-corrected chi connectivity index (χ2v) is 10.0. The normalized spacial score (nSPS) is 22.1. The van der Waals surface area contributed by atoms with Gasteiger partial charge in [-0.05, 0) is 49.4 Å². The van der Waals surface area contributed by atoms with Crippen LogP contribution in [0, 0.1) is 11.8 Å². The molecule has 28 heavy (non-hydrogen) atoms. The number of benzene rings is 1. The maximum absolute atomic E-state index is 13.0. The monoisotopic (exact) mass is 484 g/mol. The smallest absolute Gasteiger partial charge is 0.352 e. The van der Waals surface area contributed by atoms with Crippen LogP contribution < -0.4 is 10.0 Å². The number of halogens is 4. The number of sulfonamides is 1. The molecule has 1 aromatic rings. The van der Waals surface area contributed by atoms with Crippen molar-refractivity contribution in [2.75, 3.05) is 0 Å². The third-order valence-electron chi connectivity index (χ3n) is 4.84. The molecule has 3 unspecified atom stereocenters. The minimum atomic E-state index is -4.29. The second-order valence-electron chi connectivity index (χ2n) is 7.41. The zero-order chi connectivity index (χ0) is 21.1. The molecule has 1 fully saturated rings. The summed E-state index contributed by atoms with van der Waals surface area (Å²) in [6.07, 6.45) is -3.60. The first kappa shape index (κ1) is 23.2. The van der Waals surface area contributed by atoms with Gasteiger partial charge < -0.3 is 5.32 Å². The molecule has 158 valence electrons. The van der Waals surface area contributed by atoms with E-state index in [-0.39, 0.29) is 23.7 Å². The fraction of sp³-hybridized carbons (Fsp3) is 0.611. The van der Waals surface area contributed by atoms with Crippen LogP contribution in [0.1, 0.15) is 39.5 Å². The molecule has 0 aliphatic heterocycles. The van der Waals surface area contributed by atoms with Gasteiger partial charge in [0.15, 0.2) is 0 Å². The number of alkyl halides is 3. The van der Waals surface area contributed by atoms with Gasteiger partial charge in [0.05, 0.1) is 10.8 Å². The number of carbonyl (C=O) groups is 1. The van der Waals surface area contributed by atoms with E-state index in [4.69, 9.17) is 0 Å². The van der Waals surface area contributed by atoms with E-state index in [1.54, 1.807) is 26.0 Å². The number of rotatable bonds is 6. The summed E-state index contributed by atoms with van der Waals surface area (Å²) < 4.78 is 67.2. The SMILES string of the molecule is CC(C)C(NS(=O)(=O)c1ccc(Br)cc1)C(=O)NC1CCCC(C(F)(F)F)C1. The van der Waals surface area contributed by atoms with Gasteiger partial charge in [-0.15, -0.1) is 0 Å². The van der Waals surface area contributed by atoms with E-state index in [1.165, 1.54) is 12.1 Å². The van der Waals surface area contributed by atoms with Crippen LogP contribution in [0.15, 0.2) is 33.6 Å². The fourth-order valence-corrected chi connectivity index (χ4v) is 4.86. The van der Waals surface area contributed by atoms with Crippen molar-refractivity contribution in [3.8, 4) is 0 Å². The van der Waals surface area contributed by atoms with Crippen molar-refractivity contribution in [1.82, 2.24) is 10.0 Å². The highest BCUT2D eigenvalue weighted by molar-refractivity contribution is 9.10. The Morgan fingerprint density at radius 2 is 1.79 bits per heavy atom. The molecule has 0 aromatic heterocycles. The van der Waals surface area contributed by atoms with Crippen molar-refractivity contribution >= 4 is 31.9 Å². The van der Waals surface area contributed by atoms with Crippen LogP contribution in [0.25, 0.3) is 0 Å². The highest BCUT2D eigenvalue weighted by Crippen LogP contribution is 2.37. The largest absolute Gasteiger partial charge is 0.391 e. The average molecular weight is 485 g/mol. The molecule has 1 amide bonds. The number of hydrogen-bond acceptors (Lipinski definition) is 3. The van der Waals surface area contributed by atoms with Crippen LogP contribution in [0.2, 0.25) is 0 Å². The Morgan fingerprint density at radius 3 is 2.32 bits per heavy atom. The molecular weight excluding hydrogens is 461 g/mol. The van der Waals surface area contributed by atoms with E-state index in [0.717, 1.165) is 0 Å². The topological polar surface area (TPSA) is 75.3 Å². The van der Waals surface area contributed by atoms with Gasteiger partial charge in [-0.2, -0.15) is 17.9 Å². The summed E-state index contributed by atoms with van der Waals surface area (Å²) in [6.45, 7) is 3.35. The van der Waals surface area contributed by atoms with E-state index in [1.807, 2.05) is 0 Å². The molecular formula is C18H24BrF3N2O3S. The third kappa shape index (κ3) is 6.18. The predicted molar refractivity (Wildman–Crippen MR) is 103 cm³/mol. The first-order valence-electron chi connectivity index (χ1n) is 9.05. The van der Waals surface area contributed by atoms with Gasteiger partial charge in [0.25, 0.3) is 0 Å². The van der Waals surface area contributed by atoms with E-state index in [2.05, 4.69) is 26.0 Å². The lowest BCUT2D eigenvalue weighted by Crippen LogP contribution is -2.53. The lowest BCUT2D eigenvalue weighted by atomic mass is 9.85. The Bertz CT molecular complexity index is 782. The molecule has 0 spiro atoms. The van der Waals surface area contributed by atoms with Gasteiger partial charge in [0, 0.05) is 10.5 Å². The van der Waals surface area contributed by atoms with Crippen molar-refractivity contribution in [2.24, 2.45) is 11.8 Å². The molecule has 0 radical (unpaired) electrons. The molecule has 1 aliphatic carbocycles. The van der Waals surface area contributed by atoms with E-state index >= 15 is 0 Å². The van der Waals surface area contributed by atoms with E-state index in [0.29, 0.717) is 17.3 Å². The van der Waals surface area contributed by atoms with E-state index in [9.17, 15) is 26.4 Å². The molecule has 3 atom stereocenters. The Hall–Kier alpha value is -1.13. The van der Waals surface area contributed by atoms with Crippen LogP contribution in [-0.2, 0) is 14.8 Å². The number of amides is 1. The van der Waals surface area contributed by atoms with Gasteiger partial charge in [-0.1, -0.05) is 36.2 Å². The quantitative estimate of drug-likeness (QED) is 0.640. The fourth-order valence-electron chi connectivity index (χ4n) is 3.25. The summed E-state index contributed by atoms with van der Waals surface area (Å²) in [5.41, 5.74) is 0. The molecule has 0 saturated heterocycles. The summed E-state index contributed by atoms with van der Waals surface area (Å²) in [7, 11) is -3.95. The predicted octanol–water partition coefficient (Wildman–Crippen LogP) is 3.99. The van der Waals surface area contributed by atoms with Crippen molar-refractivity contribution in [3.05, 3.63) is 28.7 Å². The minimum absolute atomic E-state index is 0.00366. The minimum Gasteiger partial charge on any atom is -0.352 e. The van der Waals surface area contributed by atoms with Crippen LogP contribution in [0.4, 0.5) is 13.2 Å². The van der Waals surface area contributed by atoms with Crippen LogP contribution >= 0.6 is 15.9 Å². The molecule has 10 heteroatoms. The maximum atomic E-state index is 13.0. The molecule has 1 aliphatic rings. The average Bonchev–Trinajstić information content (AvgIpc) is 2.59. The van der Waals surface area contributed by atoms with Gasteiger partial charge in [0.1, 0.15) is 6.04 Å². The first-order chi connectivity index (χ1) is 12.9. The lowest BCUT2D eigenvalue weighted by molar-refractivity contribution is -0.184. The van der Waals surface area contributed by atoms with Gasteiger partial charge >= 0.3 is 6.18 Å². The Morgan fingerprint density at radius 1 is 1.18 bits per heavy atom. The number of nitrogens with one attached hydrogen (secondary N) is 2. The van der Waals surface area contributed by atoms with Crippen molar-refractivity contribution < 1.29 is 26.4 Å². The van der Waals surface area contributed by atoms with Gasteiger partial charge in [-0.3, -0.25) is 4.79 Å². The Labute approximate surface area is 171 Å². The molecule has 1 aromatic carbocycles. The van der Waals surface area contributed by atoms with Crippen LogP contribution in [0.3, 0.4) is 0 Å². The van der Waals surface area contributed by atoms with Crippen LogP contribution in [-0.4, -0.2) is 32.6 Å². The maximum Gasteiger partial charge on any atom is 0.391 e. The van der Waals surface area contributed by atoms with Crippen molar-refractivity contribution in [1.29, 1.82) is 0 Å². The first-order valence-corrected chi connectivity index (χ1v) is 11.3. The standard InChI is InChI=1S/C18H24BrF3N2O3S/c1-11(2)16(24-28(26,27)15-8-6-13(19)7-9-15)17(25)23-14-5-3-4-12(10-14)18(20,21)22/h6-9,11-12,14,16,24H,3-5,10H2,1-2H3,(H,23,25). The molecule has 0 heterocycles. The molecule has 2 N–H and O–H groups in total. The van der Waals surface area contributed by atoms with E-state index < -0.39 is 40.1 Å². The van der Waals surface area contributed by atoms with Crippen molar-refractivity contribution in [2.45, 2.75) is 62.7 Å².